The van der Waals surface area contributed by atoms with Crippen molar-refractivity contribution in [1.82, 2.24) is 5.32 Å². The van der Waals surface area contributed by atoms with Gasteiger partial charge in [0.05, 0.1) is 19.1 Å². The van der Waals surface area contributed by atoms with Crippen LogP contribution in [0.1, 0.15) is 60.1 Å². The van der Waals surface area contributed by atoms with E-state index in [0.717, 1.165) is 18.7 Å². The molecule has 1 fully saturated rings. The molecule has 2 N–H and O–H groups in total. The quantitative estimate of drug-likeness (QED) is 0.526. The third-order valence-corrected chi connectivity index (χ3v) is 5.69. The summed E-state index contributed by atoms with van der Waals surface area (Å²) in [6, 6.07) is 12.9. The van der Waals surface area contributed by atoms with Crippen LogP contribution in [0.25, 0.3) is 0 Å². The van der Waals surface area contributed by atoms with E-state index >= 15 is 0 Å². The van der Waals surface area contributed by atoms with Crippen molar-refractivity contribution in [1.29, 1.82) is 0 Å². The first-order valence-corrected chi connectivity index (χ1v) is 11.3. The molecule has 1 saturated heterocycles. The fourth-order valence-electron chi connectivity index (χ4n) is 4.19. The van der Waals surface area contributed by atoms with E-state index < -0.39 is 5.97 Å². The number of ether oxygens (including phenoxy) is 1. The Kier molecular flexibility index (Phi) is 8.31. The Hall–Kier alpha value is -3.28. The van der Waals surface area contributed by atoms with E-state index in [0.29, 0.717) is 18.6 Å². The Balaban J connectivity index is 1.77. The molecule has 170 valence electrons. The lowest BCUT2D eigenvalue weighted by Crippen LogP contribution is -2.34. The normalized spacial score (nSPS) is 14.5. The Morgan fingerprint density at radius 3 is 2.62 bits per heavy atom. The molecule has 6 heteroatoms. The Labute approximate surface area is 189 Å². The number of carboxylic acid groups (broad SMARTS) is 1. The van der Waals surface area contributed by atoms with Crippen molar-refractivity contribution in [2.24, 2.45) is 0 Å². The van der Waals surface area contributed by atoms with Crippen molar-refractivity contribution in [3.8, 4) is 5.75 Å². The molecule has 0 saturated carbocycles. The summed E-state index contributed by atoms with van der Waals surface area (Å²) in [5.41, 5.74) is 3.07. The average molecular weight is 437 g/mol. The SMILES string of the molecule is C=CCC(NC(=O)Cc1ccc(C(=O)O)c(OCC)c1)c1ccccc1N1CCCCC1. The lowest BCUT2D eigenvalue weighted by atomic mass is 9.98. The topological polar surface area (TPSA) is 78.9 Å². The number of amides is 1. The highest BCUT2D eigenvalue weighted by molar-refractivity contribution is 5.91. The Bertz CT molecular complexity index is 951. The number of aromatic carboxylic acids is 1. The van der Waals surface area contributed by atoms with Gasteiger partial charge < -0.3 is 20.1 Å². The van der Waals surface area contributed by atoms with E-state index in [2.05, 4.69) is 28.9 Å². The van der Waals surface area contributed by atoms with Gasteiger partial charge in [-0.15, -0.1) is 6.58 Å². The second kappa shape index (κ2) is 11.4. The molecule has 0 aliphatic carbocycles. The van der Waals surface area contributed by atoms with Crippen LogP contribution in [0.5, 0.6) is 5.75 Å². The maximum absolute atomic E-state index is 12.9. The molecule has 0 aromatic heterocycles. The number of hydrogen-bond acceptors (Lipinski definition) is 4. The van der Waals surface area contributed by atoms with E-state index in [9.17, 15) is 14.7 Å². The molecule has 6 nitrogen and oxygen atoms in total. The summed E-state index contributed by atoms with van der Waals surface area (Å²) in [5.74, 6) is -0.899. The zero-order valence-corrected chi connectivity index (χ0v) is 18.7. The van der Waals surface area contributed by atoms with Gasteiger partial charge in [0.15, 0.2) is 0 Å². The highest BCUT2D eigenvalue weighted by Gasteiger charge is 2.21. The molecule has 1 aliphatic heterocycles. The number of nitrogens with one attached hydrogen (secondary N) is 1. The standard InChI is InChI=1S/C26H32N2O4/c1-3-10-22(20-11-6-7-12-23(20)28-15-8-5-9-16-28)27-25(29)18-19-13-14-21(26(30)31)24(17-19)32-4-2/h3,6-7,11-14,17,22H,1,4-5,8-10,15-16,18H2,2H3,(H,27,29)(H,30,31). The van der Waals surface area contributed by atoms with Crippen LogP contribution in [0.3, 0.4) is 0 Å². The number of anilines is 1. The zero-order valence-electron chi connectivity index (χ0n) is 18.7. The van der Waals surface area contributed by atoms with Crippen molar-refractivity contribution in [3.63, 3.8) is 0 Å². The average Bonchev–Trinajstić information content (AvgIpc) is 2.79. The van der Waals surface area contributed by atoms with Crippen LogP contribution in [0, 0.1) is 0 Å². The number of carboxylic acids is 1. The number of para-hydroxylation sites is 1. The van der Waals surface area contributed by atoms with Crippen LogP contribution in [-0.2, 0) is 11.2 Å². The summed E-state index contributed by atoms with van der Waals surface area (Å²) in [4.78, 5) is 26.7. The van der Waals surface area contributed by atoms with E-state index in [-0.39, 0.29) is 29.7 Å². The second-order valence-corrected chi connectivity index (χ2v) is 8.00. The number of carbonyl (C=O) groups is 2. The minimum absolute atomic E-state index is 0.0935. The first kappa shape index (κ1) is 23.4. The third kappa shape index (κ3) is 5.90. The van der Waals surface area contributed by atoms with Crippen molar-refractivity contribution in [2.45, 2.75) is 45.1 Å². The first-order chi connectivity index (χ1) is 15.5. The zero-order chi connectivity index (χ0) is 22.9. The van der Waals surface area contributed by atoms with Crippen molar-refractivity contribution in [3.05, 3.63) is 71.8 Å². The number of benzene rings is 2. The molecule has 1 heterocycles. The van der Waals surface area contributed by atoms with Crippen LogP contribution in [0.4, 0.5) is 5.69 Å². The van der Waals surface area contributed by atoms with Crippen LogP contribution in [0.15, 0.2) is 55.1 Å². The molecule has 2 aromatic rings. The minimum Gasteiger partial charge on any atom is -0.493 e. The molecular weight excluding hydrogens is 404 g/mol. The monoisotopic (exact) mass is 436 g/mol. The molecule has 1 unspecified atom stereocenters. The summed E-state index contributed by atoms with van der Waals surface area (Å²) >= 11 is 0. The molecule has 1 amide bonds. The molecule has 1 aliphatic rings. The van der Waals surface area contributed by atoms with Gasteiger partial charge in [0.1, 0.15) is 11.3 Å². The van der Waals surface area contributed by atoms with Crippen molar-refractivity contribution in [2.75, 3.05) is 24.6 Å². The van der Waals surface area contributed by atoms with Crippen LogP contribution < -0.4 is 15.0 Å². The summed E-state index contributed by atoms with van der Waals surface area (Å²) in [5, 5.41) is 12.5. The number of carbonyl (C=O) groups excluding carboxylic acids is 1. The maximum atomic E-state index is 12.9. The van der Waals surface area contributed by atoms with Gasteiger partial charge in [-0.2, -0.15) is 0 Å². The fraction of sp³-hybridized carbons (Fsp3) is 0.385. The molecule has 0 spiro atoms. The molecular formula is C26H32N2O4. The van der Waals surface area contributed by atoms with Gasteiger partial charge >= 0.3 is 5.97 Å². The van der Waals surface area contributed by atoms with Crippen LogP contribution >= 0.6 is 0 Å². The molecule has 1 atom stereocenters. The highest BCUT2D eigenvalue weighted by Crippen LogP contribution is 2.31. The van der Waals surface area contributed by atoms with Gasteiger partial charge in [-0.05, 0) is 61.9 Å². The Morgan fingerprint density at radius 1 is 1.19 bits per heavy atom. The Morgan fingerprint density at radius 2 is 1.94 bits per heavy atom. The lowest BCUT2D eigenvalue weighted by molar-refractivity contribution is -0.121. The van der Waals surface area contributed by atoms with Crippen molar-refractivity contribution < 1.29 is 19.4 Å². The summed E-state index contributed by atoms with van der Waals surface area (Å²) in [6.45, 7) is 8.09. The van der Waals surface area contributed by atoms with Crippen molar-refractivity contribution >= 4 is 17.6 Å². The number of piperidine rings is 1. The van der Waals surface area contributed by atoms with Crippen LogP contribution in [-0.4, -0.2) is 36.7 Å². The summed E-state index contributed by atoms with van der Waals surface area (Å²) in [7, 11) is 0. The van der Waals surface area contributed by atoms with Gasteiger partial charge in [-0.1, -0.05) is 30.3 Å². The summed E-state index contributed by atoms with van der Waals surface area (Å²) < 4.78 is 5.46. The molecule has 2 aromatic carbocycles. The van der Waals surface area contributed by atoms with Gasteiger partial charge in [-0.3, -0.25) is 4.79 Å². The lowest BCUT2D eigenvalue weighted by Gasteiger charge is -2.32. The molecule has 0 bridgehead atoms. The predicted molar refractivity (Wildman–Crippen MR) is 126 cm³/mol. The van der Waals surface area contributed by atoms with Crippen LogP contribution in [0.2, 0.25) is 0 Å². The maximum Gasteiger partial charge on any atom is 0.339 e. The van der Waals surface area contributed by atoms with E-state index in [1.807, 2.05) is 18.2 Å². The fourth-order valence-corrected chi connectivity index (χ4v) is 4.19. The van der Waals surface area contributed by atoms with Gasteiger partial charge in [-0.25, -0.2) is 4.79 Å². The van der Waals surface area contributed by atoms with E-state index in [1.165, 1.54) is 31.0 Å². The number of hydrogen-bond donors (Lipinski definition) is 2. The number of nitrogens with zero attached hydrogens (tertiary/aromatic N) is 1. The molecule has 3 rings (SSSR count). The first-order valence-electron chi connectivity index (χ1n) is 11.3. The predicted octanol–water partition coefficient (Wildman–Crippen LogP) is 4.75. The van der Waals surface area contributed by atoms with Gasteiger partial charge in [0.25, 0.3) is 0 Å². The smallest absolute Gasteiger partial charge is 0.339 e. The molecule has 0 radical (unpaired) electrons. The highest BCUT2D eigenvalue weighted by atomic mass is 16.5. The van der Waals surface area contributed by atoms with E-state index in [4.69, 9.17) is 4.74 Å². The number of rotatable bonds is 10. The van der Waals surface area contributed by atoms with Gasteiger partial charge in [0.2, 0.25) is 5.91 Å². The minimum atomic E-state index is -1.05. The molecule has 32 heavy (non-hydrogen) atoms. The largest absolute Gasteiger partial charge is 0.493 e. The second-order valence-electron chi connectivity index (χ2n) is 8.00. The summed E-state index contributed by atoms with van der Waals surface area (Å²) in [6.07, 6.45) is 6.21. The third-order valence-electron chi connectivity index (χ3n) is 5.69. The van der Waals surface area contributed by atoms with E-state index in [1.54, 1.807) is 19.1 Å². The van der Waals surface area contributed by atoms with Gasteiger partial charge in [0, 0.05) is 18.8 Å².